The first-order chi connectivity index (χ1) is 12.5. The minimum absolute atomic E-state index is 0.209. The summed E-state index contributed by atoms with van der Waals surface area (Å²) in [5, 5.41) is 2.75. The molecule has 0 saturated carbocycles. The van der Waals surface area contributed by atoms with E-state index in [4.69, 9.17) is 0 Å². The van der Waals surface area contributed by atoms with Gasteiger partial charge in [0.05, 0.1) is 0 Å². The molecule has 26 heavy (non-hydrogen) atoms. The maximum atomic E-state index is 13.6. The van der Waals surface area contributed by atoms with Gasteiger partial charge in [-0.05, 0) is 36.6 Å². The number of pyridine rings is 1. The number of hydrogen-bond donors (Lipinski definition) is 1. The summed E-state index contributed by atoms with van der Waals surface area (Å²) in [5.74, 6) is -0.804. The van der Waals surface area contributed by atoms with Gasteiger partial charge in [0.2, 0.25) is 0 Å². The van der Waals surface area contributed by atoms with Crippen LogP contribution in [0.15, 0.2) is 42.6 Å². The maximum absolute atomic E-state index is 13.6. The molecule has 0 fully saturated rings. The monoisotopic (exact) mass is 357 g/mol. The number of rotatable bonds is 8. The Balaban J connectivity index is 1.95. The fourth-order valence-electron chi connectivity index (χ4n) is 2.50. The van der Waals surface area contributed by atoms with Crippen LogP contribution in [0, 0.1) is 5.82 Å². The number of aromatic nitrogens is 1. The highest BCUT2D eigenvalue weighted by atomic mass is 19.1. The Labute approximate surface area is 153 Å². The first-order valence-electron chi connectivity index (χ1n) is 8.76. The number of nitrogens with zero attached hydrogens (tertiary/aromatic N) is 2. The van der Waals surface area contributed by atoms with Crippen LogP contribution < -0.4 is 5.32 Å². The quantitative estimate of drug-likeness (QED) is 0.790. The molecule has 138 valence electrons. The third kappa shape index (κ3) is 5.37. The first kappa shape index (κ1) is 19.6. The van der Waals surface area contributed by atoms with Crippen molar-refractivity contribution in [2.24, 2.45) is 0 Å². The number of hydrogen-bond acceptors (Lipinski definition) is 3. The number of nitrogens with one attached hydrogen (secondary N) is 1. The van der Waals surface area contributed by atoms with Crippen LogP contribution >= 0.6 is 0 Å². The topological polar surface area (TPSA) is 62.3 Å². The smallest absolute Gasteiger partial charge is 0.272 e. The van der Waals surface area contributed by atoms with E-state index in [-0.39, 0.29) is 23.3 Å². The highest BCUT2D eigenvalue weighted by Crippen LogP contribution is 2.08. The molecule has 5 nitrogen and oxygen atoms in total. The van der Waals surface area contributed by atoms with Gasteiger partial charge in [0.15, 0.2) is 0 Å². The Morgan fingerprint density at radius 2 is 2.00 bits per heavy atom. The van der Waals surface area contributed by atoms with Crippen LogP contribution in [0.25, 0.3) is 0 Å². The summed E-state index contributed by atoms with van der Waals surface area (Å²) >= 11 is 0. The fraction of sp³-hybridized carbons (Fsp3) is 0.350. The normalized spacial score (nSPS) is 10.4. The van der Waals surface area contributed by atoms with E-state index in [0.717, 1.165) is 12.8 Å². The minimum Gasteiger partial charge on any atom is -0.352 e. The molecule has 6 heteroatoms. The molecule has 0 aliphatic heterocycles. The summed E-state index contributed by atoms with van der Waals surface area (Å²) < 4.78 is 13.6. The van der Waals surface area contributed by atoms with Crippen LogP contribution in [0.3, 0.4) is 0 Å². The van der Waals surface area contributed by atoms with Crippen molar-refractivity contribution in [2.45, 2.75) is 26.2 Å². The zero-order chi connectivity index (χ0) is 18.9. The van der Waals surface area contributed by atoms with Crippen molar-refractivity contribution in [2.75, 3.05) is 20.1 Å². The maximum Gasteiger partial charge on any atom is 0.272 e. The molecule has 0 aliphatic carbocycles. The van der Waals surface area contributed by atoms with E-state index in [2.05, 4.69) is 17.2 Å². The Hall–Kier alpha value is -2.76. The lowest BCUT2D eigenvalue weighted by Crippen LogP contribution is -2.29. The number of unbranched alkanes of at least 4 members (excludes halogenated alkanes) is 1. The first-order valence-corrected chi connectivity index (χ1v) is 8.76. The minimum atomic E-state index is -0.311. The number of benzene rings is 1. The van der Waals surface area contributed by atoms with E-state index in [1.807, 2.05) is 0 Å². The number of amides is 2. The number of carbonyl (C=O) groups is 2. The molecule has 0 spiro atoms. The van der Waals surface area contributed by atoms with Gasteiger partial charge in [0.25, 0.3) is 11.8 Å². The molecule has 2 rings (SSSR count). The van der Waals surface area contributed by atoms with E-state index in [0.29, 0.717) is 30.6 Å². The van der Waals surface area contributed by atoms with E-state index < -0.39 is 0 Å². The predicted octanol–water partition coefficient (Wildman–Crippen LogP) is 3.07. The number of carbonyl (C=O) groups excluding carboxylic acids is 2. The van der Waals surface area contributed by atoms with Gasteiger partial charge in [-0.25, -0.2) is 4.39 Å². The zero-order valence-electron chi connectivity index (χ0n) is 15.2. The second kappa shape index (κ2) is 9.65. The van der Waals surface area contributed by atoms with Crippen molar-refractivity contribution in [1.29, 1.82) is 0 Å². The van der Waals surface area contributed by atoms with Gasteiger partial charge in [-0.3, -0.25) is 14.6 Å². The van der Waals surface area contributed by atoms with Gasteiger partial charge in [0.1, 0.15) is 11.5 Å². The van der Waals surface area contributed by atoms with Crippen molar-refractivity contribution in [3.05, 3.63) is 65.2 Å². The van der Waals surface area contributed by atoms with Crippen LogP contribution in [-0.2, 0) is 6.42 Å². The molecule has 0 unspecified atom stereocenters. The molecule has 0 radical (unpaired) electrons. The standard InChI is InChI=1S/C20H24FN3O2/c1-3-4-13-24(2)20(26)18-14-16(10-11-22-18)19(25)23-12-9-15-7-5-6-8-17(15)21/h5-8,10-11,14H,3-4,9,12-13H2,1-2H3,(H,23,25). The highest BCUT2D eigenvalue weighted by Gasteiger charge is 2.15. The molecule has 1 aromatic carbocycles. The molecule has 1 heterocycles. The van der Waals surface area contributed by atoms with Gasteiger partial charge in [-0.2, -0.15) is 0 Å². The average molecular weight is 357 g/mol. The lowest BCUT2D eigenvalue weighted by molar-refractivity contribution is 0.0787. The van der Waals surface area contributed by atoms with Crippen molar-refractivity contribution < 1.29 is 14.0 Å². The molecule has 1 N–H and O–H groups in total. The highest BCUT2D eigenvalue weighted by molar-refractivity contribution is 5.98. The van der Waals surface area contributed by atoms with Gasteiger partial charge in [-0.1, -0.05) is 31.5 Å². The van der Waals surface area contributed by atoms with Crippen molar-refractivity contribution in [3.63, 3.8) is 0 Å². The lowest BCUT2D eigenvalue weighted by Gasteiger charge is -2.16. The molecule has 0 atom stereocenters. The lowest BCUT2D eigenvalue weighted by atomic mass is 10.1. The molecule has 0 bridgehead atoms. The van der Waals surface area contributed by atoms with E-state index in [1.165, 1.54) is 18.3 Å². The van der Waals surface area contributed by atoms with Gasteiger partial charge in [-0.15, -0.1) is 0 Å². The van der Waals surface area contributed by atoms with Crippen molar-refractivity contribution in [3.8, 4) is 0 Å². The molecule has 2 amide bonds. The SMILES string of the molecule is CCCCN(C)C(=O)c1cc(C(=O)NCCc2ccccc2F)ccn1. The fourth-order valence-corrected chi connectivity index (χ4v) is 2.50. The third-order valence-electron chi connectivity index (χ3n) is 4.07. The van der Waals surface area contributed by atoms with E-state index in [9.17, 15) is 14.0 Å². The van der Waals surface area contributed by atoms with Crippen molar-refractivity contribution >= 4 is 11.8 Å². The summed E-state index contributed by atoms with van der Waals surface area (Å²) in [5.41, 5.74) is 1.15. The predicted molar refractivity (Wildman–Crippen MR) is 98.5 cm³/mol. The second-order valence-electron chi connectivity index (χ2n) is 6.11. The van der Waals surface area contributed by atoms with Crippen LogP contribution in [0.1, 0.15) is 46.2 Å². The summed E-state index contributed by atoms with van der Waals surface area (Å²) in [6.45, 7) is 3.01. The second-order valence-corrected chi connectivity index (χ2v) is 6.11. The Kier molecular flexibility index (Phi) is 7.26. The molecular formula is C20H24FN3O2. The summed E-state index contributed by atoms with van der Waals surface area (Å²) in [6.07, 6.45) is 3.76. The molecule has 2 aromatic rings. The molecule has 0 saturated heterocycles. The van der Waals surface area contributed by atoms with Crippen LogP contribution in [0.5, 0.6) is 0 Å². The Morgan fingerprint density at radius 1 is 1.23 bits per heavy atom. The van der Waals surface area contributed by atoms with Gasteiger partial charge < -0.3 is 10.2 Å². The Morgan fingerprint density at radius 3 is 2.73 bits per heavy atom. The summed E-state index contributed by atoms with van der Waals surface area (Å²) in [4.78, 5) is 30.3. The van der Waals surface area contributed by atoms with Gasteiger partial charge in [0, 0.05) is 31.9 Å². The van der Waals surface area contributed by atoms with E-state index >= 15 is 0 Å². The van der Waals surface area contributed by atoms with Crippen LogP contribution in [0.4, 0.5) is 4.39 Å². The number of halogens is 1. The summed E-state index contributed by atoms with van der Waals surface area (Å²) in [6, 6.07) is 9.52. The van der Waals surface area contributed by atoms with Crippen LogP contribution in [0.2, 0.25) is 0 Å². The molecule has 0 aliphatic rings. The zero-order valence-corrected chi connectivity index (χ0v) is 15.2. The van der Waals surface area contributed by atoms with Crippen molar-refractivity contribution in [1.82, 2.24) is 15.2 Å². The van der Waals surface area contributed by atoms with Crippen LogP contribution in [-0.4, -0.2) is 41.8 Å². The largest absolute Gasteiger partial charge is 0.352 e. The average Bonchev–Trinajstić information content (AvgIpc) is 2.67. The molecule has 1 aromatic heterocycles. The molecular weight excluding hydrogens is 333 g/mol. The Bertz CT molecular complexity index is 764. The summed E-state index contributed by atoms with van der Waals surface area (Å²) in [7, 11) is 1.72. The van der Waals surface area contributed by atoms with E-state index in [1.54, 1.807) is 36.2 Å². The van der Waals surface area contributed by atoms with Gasteiger partial charge >= 0.3 is 0 Å². The third-order valence-corrected chi connectivity index (χ3v) is 4.07.